The number of rotatable bonds is 4. The molecule has 0 saturated heterocycles. The molecule has 7 heteroatoms. The first-order valence-electron chi connectivity index (χ1n) is 6.28. The molecule has 3 N–H and O–H groups in total. The van der Waals surface area contributed by atoms with Crippen molar-refractivity contribution in [1.29, 1.82) is 0 Å². The number of aromatic nitrogens is 1. The van der Waals surface area contributed by atoms with E-state index in [0.717, 1.165) is 10.6 Å². The van der Waals surface area contributed by atoms with Gasteiger partial charge in [0.2, 0.25) is 0 Å². The van der Waals surface area contributed by atoms with E-state index in [2.05, 4.69) is 15.6 Å². The highest BCUT2D eigenvalue weighted by atomic mass is 32.1. The summed E-state index contributed by atoms with van der Waals surface area (Å²) in [5, 5.41) is 17.0. The zero-order valence-corrected chi connectivity index (χ0v) is 12.4. The minimum atomic E-state index is -1.03. The lowest BCUT2D eigenvalue weighted by molar-refractivity contribution is 0.0697. The molecule has 0 radical (unpaired) electrons. The minimum Gasteiger partial charge on any atom is -0.478 e. The number of amides is 2. The molecule has 1 atom stereocenters. The number of carbonyl (C=O) groups excluding carboxylic acids is 1. The van der Waals surface area contributed by atoms with E-state index in [1.807, 2.05) is 12.3 Å². The smallest absolute Gasteiger partial charge is 0.335 e. The van der Waals surface area contributed by atoms with Crippen molar-refractivity contribution in [1.82, 2.24) is 10.3 Å². The minimum absolute atomic E-state index is 0.129. The summed E-state index contributed by atoms with van der Waals surface area (Å²) in [6.45, 7) is 3.63. The molecule has 110 valence electrons. The molecule has 21 heavy (non-hydrogen) atoms. The van der Waals surface area contributed by atoms with E-state index in [9.17, 15) is 9.59 Å². The number of carboxylic acids is 1. The van der Waals surface area contributed by atoms with Gasteiger partial charge in [-0.2, -0.15) is 0 Å². The lowest BCUT2D eigenvalue weighted by atomic mass is 10.1. The topological polar surface area (TPSA) is 91.3 Å². The first-order valence-corrected chi connectivity index (χ1v) is 7.16. The Hall–Kier alpha value is -2.41. The Morgan fingerprint density at radius 2 is 2.14 bits per heavy atom. The molecule has 1 aromatic heterocycles. The molecule has 2 aromatic rings. The van der Waals surface area contributed by atoms with Gasteiger partial charge in [0, 0.05) is 17.3 Å². The largest absolute Gasteiger partial charge is 0.478 e. The van der Waals surface area contributed by atoms with Crippen molar-refractivity contribution < 1.29 is 14.7 Å². The Kier molecular flexibility index (Phi) is 4.54. The third kappa shape index (κ3) is 3.79. The van der Waals surface area contributed by atoms with Crippen LogP contribution in [0.5, 0.6) is 0 Å². The molecular formula is C14H15N3O3S. The Morgan fingerprint density at radius 1 is 1.38 bits per heavy atom. The highest BCUT2D eigenvalue weighted by Crippen LogP contribution is 2.18. The number of urea groups is 1. The van der Waals surface area contributed by atoms with Crippen LogP contribution in [0.4, 0.5) is 10.5 Å². The van der Waals surface area contributed by atoms with E-state index in [1.54, 1.807) is 19.2 Å². The Bertz CT molecular complexity index is 655. The zero-order valence-electron chi connectivity index (χ0n) is 11.6. The number of nitrogens with zero attached hydrogens (tertiary/aromatic N) is 1. The predicted octanol–water partition coefficient (Wildman–Crippen LogP) is 3.03. The second kappa shape index (κ2) is 6.36. The highest BCUT2D eigenvalue weighted by Gasteiger charge is 2.13. The number of hydrogen-bond acceptors (Lipinski definition) is 4. The molecule has 6 nitrogen and oxygen atoms in total. The van der Waals surface area contributed by atoms with E-state index in [4.69, 9.17) is 5.11 Å². The van der Waals surface area contributed by atoms with Crippen molar-refractivity contribution in [3.63, 3.8) is 0 Å². The van der Waals surface area contributed by atoms with Gasteiger partial charge >= 0.3 is 12.0 Å². The van der Waals surface area contributed by atoms with Gasteiger partial charge in [-0.1, -0.05) is 6.07 Å². The molecule has 0 aliphatic rings. The molecular weight excluding hydrogens is 290 g/mol. The van der Waals surface area contributed by atoms with E-state index in [1.165, 1.54) is 23.5 Å². The summed E-state index contributed by atoms with van der Waals surface area (Å²) in [5.41, 5.74) is 1.39. The van der Waals surface area contributed by atoms with Crippen molar-refractivity contribution in [3.05, 3.63) is 45.9 Å². The maximum atomic E-state index is 12.0. The second-order valence-electron chi connectivity index (χ2n) is 4.53. The number of anilines is 1. The maximum Gasteiger partial charge on any atom is 0.335 e. The van der Waals surface area contributed by atoms with Crippen LogP contribution >= 0.6 is 11.3 Å². The Morgan fingerprint density at radius 3 is 2.76 bits per heavy atom. The monoisotopic (exact) mass is 305 g/mol. The van der Waals surface area contributed by atoms with Gasteiger partial charge in [-0.25, -0.2) is 14.6 Å². The van der Waals surface area contributed by atoms with E-state index >= 15 is 0 Å². The summed E-state index contributed by atoms with van der Waals surface area (Å²) < 4.78 is 0. The number of carboxylic acid groups (broad SMARTS) is 1. The maximum absolute atomic E-state index is 12.0. The lowest BCUT2D eigenvalue weighted by Gasteiger charge is -2.14. The molecule has 0 fully saturated rings. The Labute approximate surface area is 125 Å². The standard InChI is InChI=1S/C14H15N3O3S/c1-8-3-4-10(13(18)19)7-11(8)17-14(20)16-9(2)12-15-5-6-21-12/h3-7,9H,1-2H3,(H,18,19)(H2,16,17,20). The third-order valence-corrected chi connectivity index (χ3v) is 3.86. The molecule has 2 amide bonds. The van der Waals surface area contributed by atoms with Gasteiger partial charge in [0.1, 0.15) is 5.01 Å². The molecule has 1 heterocycles. The van der Waals surface area contributed by atoms with Crippen LogP contribution in [0.2, 0.25) is 0 Å². The molecule has 1 unspecified atom stereocenters. The lowest BCUT2D eigenvalue weighted by Crippen LogP contribution is -2.31. The summed E-state index contributed by atoms with van der Waals surface area (Å²) in [4.78, 5) is 27.0. The van der Waals surface area contributed by atoms with Crippen LogP contribution in [0.3, 0.4) is 0 Å². The molecule has 0 saturated carbocycles. The van der Waals surface area contributed by atoms with Crippen LogP contribution in [0.1, 0.15) is 33.9 Å². The number of benzene rings is 1. The van der Waals surface area contributed by atoms with Crippen molar-refractivity contribution in [2.24, 2.45) is 0 Å². The first-order chi connectivity index (χ1) is 9.97. The predicted molar refractivity (Wildman–Crippen MR) is 80.8 cm³/mol. The van der Waals surface area contributed by atoms with Gasteiger partial charge < -0.3 is 15.7 Å². The number of nitrogens with one attached hydrogen (secondary N) is 2. The summed E-state index contributed by atoms with van der Waals surface area (Å²) >= 11 is 1.46. The van der Waals surface area contributed by atoms with E-state index in [-0.39, 0.29) is 11.6 Å². The van der Waals surface area contributed by atoms with Gasteiger partial charge in [-0.3, -0.25) is 0 Å². The third-order valence-electron chi connectivity index (χ3n) is 2.90. The summed E-state index contributed by atoms with van der Waals surface area (Å²) in [6, 6.07) is 3.98. The fourth-order valence-electron chi connectivity index (χ4n) is 1.75. The van der Waals surface area contributed by atoms with Gasteiger partial charge in [0.15, 0.2) is 0 Å². The van der Waals surface area contributed by atoms with Crippen molar-refractivity contribution in [3.8, 4) is 0 Å². The van der Waals surface area contributed by atoms with Gasteiger partial charge in [-0.05, 0) is 31.5 Å². The van der Waals surface area contributed by atoms with Crippen molar-refractivity contribution in [2.45, 2.75) is 19.9 Å². The van der Waals surface area contributed by atoms with Gasteiger partial charge in [0.25, 0.3) is 0 Å². The number of aryl methyl sites for hydroxylation is 1. The summed E-state index contributed by atoms with van der Waals surface area (Å²) in [5.74, 6) is -1.03. The van der Waals surface area contributed by atoms with Crippen LogP contribution in [0.15, 0.2) is 29.8 Å². The van der Waals surface area contributed by atoms with Crippen LogP contribution < -0.4 is 10.6 Å². The molecule has 0 aliphatic heterocycles. The fraction of sp³-hybridized carbons (Fsp3) is 0.214. The average Bonchev–Trinajstić information content (AvgIpc) is 2.95. The normalized spacial score (nSPS) is 11.7. The zero-order chi connectivity index (χ0) is 15.4. The SMILES string of the molecule is Cc1ccc(C(=O)O)cc1NC(=O)NC(C)c1nccs1. The molecule has 2 rings (SSSR count). The average molecular weight is 305 g/mol. The molecule has 1 aromatic carbocycles. The molecule has 0 spiro atoms. The van der Waals surface area contributed by atoms with E-state index < -0.39 is 12.0 Å². The Balaban J connectivity index is 2.05. The molecule has 0 aliphatic carbocycles. The van der Waals surface area contributed by atoms with Crippen LogP contribution in [-0.4, -0.2) is 22.1 Å². The number of hydrogen-bond donors (Lipinski definition) is 3. The van der Waals surface area contributed by atoms with Crippen molar-refractivity contribution >= 4 is 29.0 Å². The quantitative estimate of drug-likeness (QED) is 0.809. The number of aromatic carboxylic acids is 1. The summed E-state index contributed by atoms with van der Waals surface area (Å²) in [7, 11) is 0. The number of thiazole rings is 1. The van der Waals surface area contributed by atoms with Crippen LogP contribution in [0, 0.1) is 6.92 Å². The van der Waals surface area contributed by atoms with Crippen LogP contribution in [-0.2, 0) is 0 Å². The van der Waals surface area contributed by atoms with Gasteiger partial charge in [0.05, 0.1) is 11.6 Å². The summed E-state index contributed by atoms with van der Waals surface area (Å²) in [6.07, 6.45) is 1.68. The van der Waals surface area contributed by atoms with Crippen LogP contribution in [0.25, 0.3) is 0 Å². The molecule has 0 bridgehead atoms. The highest BCUT2D eigenvalue weighted by molar-refractivity contribution is 7.09. The fourth-order valence-corrected chi connectivity index (χ4v) is 2.40. The van der Waals surface area contributed by atoms with E-state index in [0.29, 0.717) is 5.69 Å². The number of carbonyl (C=O) groups is 2. The second-order valence-corrected chi connectivity index (χ2v) is 5.45. The van der Waals surface area contributed by atoms with Crippen molar-refractivity contribution in [2.75, 3.05) is 5.32 Å². The first kappa shape index (κ1) is 15.0. The van der Waals surface area contributed by atoms with Gasteiger partial charge in [-0.15, -0.1) is 11.3 Å².